The molecule has 2 rings (SSSR count). The van der Waals surface area contributed by atoms with Crippen molar-refractivity contribution in [3.05, 3.63) is 64.7 Å². The van der Waals surface area contributed by atoms with E-state index in [1.54, 1.807) is 31.4 Å². The quantitative estimate of drug-likeness (QED) is 0.919. The summed E-state index contributed by atoms with van der Waals surface area (Å²) < 4.78 is 31.3. The Morgan fingerprint density at radius 3 is 2.19 bits per heavy atom. The second-order valence-electron chi connectivity index (χ2n) is 4.59. The van der Waals surface area contributed by atoms with Crippen LogP contribution in [0.1, 0.15) is 17.2 Å². The summed E-state index contributed by atoms with van der Waals surface area (Å²) in [6.07, 6.45) is 1.12. The molecule has 0 aliphatic rings. The number of hydrogen-bond donors (Lipinski definition) is 1. The molecule has 0 fully saturated rings. The first-order valence-corrected chi connectivity index (χ1v) is 8.54. The predicted octanol–water partition coefficient (Wildman–Crippen LogP) is 2.99. The van der Waals surface area contributed by atoms with Crippen molar-refractivity contribution in [3.63, 3.8) is 0 Å². The summed E-state index contributed by atoms with van der Waals surface area (Å²) in [6, 6.07) is 13.8. The zero-order valence-corrected chi connectivity index (χ0v) is 13.3. The van der Waals surface area contributed by atoms with E-state index in [1.807, 2.05) is 24.3 Å². The van der Waals surface area contributed by atoms with Crippen molar-refractivity contribution in [3.8, 4) is 5.75 Å². The fourth-order valence-electron chi connectivity index (χ4n) is 2.12. The van der Waals surface area contributed by atoms with Crippen LogP contribution in [-0.4, -0.2) is 21.8 Å². The molecule has 0 saturated heterocycles. The summed E-state index contributed by atoms with van der Waals surface area (Å²) in [6.45, 7) is 0. The maximum atomic E-state index is 11.7. The van der Waals surface area contributed by atoms with Crippen molar-refractivity contribution in [2.75, 3.05) is 13.4 Å². The summed E-state index contributed by atoms with van der Waals surface area (Å²) in [5.41, 5.74) is 1.38. The van der Waals surface area contributed by atoms with Crippen molar-refractivity contribution in [2.45, 2.75) is 6.04 Å². The SMILES string of the molecule is COc1ccccc1[C@H](NS(C)(=O)=O)c1ccccc1Cl. The van der Waals surface area contributed by atoms with Gasteiger partial charge in [-0.1, -0.05) is 48.0 Å². The molecule has 0 aliphatic heterocycles. The summed E-state index contributed by atoms with van der Waals surface area (Å²) in [5, 5.41) is 0.490. The lowest BCUT2D eigenvalue weighted by atomic mass is 9.99. The molecular formula is C15H16ClNO3S. The van der Waals surface area contributed by atoms with E-state index in [-0.39, 0.29) is 0 Å². The molecule has 0 bridgehead atoms. The average molecular weight is 326 g/mol. The molecule has 4 nitrogen and oxygen atoms in total. The fourth-order valence-corrected chi connectivity index (χ4v) is 3.05. The van der Waals surface area contributed by atoms with Gasteiger partial charge in [0.05, 0.1) is 19.4 Å². The van der Waals surface area contributed by atoms with Gasteiger partial charge < -0.3 is 4.74 Å². The number of sulfonamides is 1. The molecule has 21 heavy (non-hydrogen) atoms. The third-order valence-electron chi connectivity index (χ3n) is 3.00. The van der Waals surface area contributed by atoms with Crippen molar-refractivity contribution in [1.82, 2.24) is 4.72 Å². The summed E-state index contributed by atoms with van der Waals surface area (Å²) >= 11 is 6.22. The second kappa shape index (κ2) is 6.47. The van der Waals surface area contributed by atoms with Gasteiger partial charge in [-0.2, -0.15) is 0 Å². The van der Waals surface area contributed by atoms with Crippen molar-refractivity contribution in [2.24, 2.45) is 0 Å². The normalized spacial score (nSPS) is 12.9. The van der Waals surface area contributed by atoms with Crippen molar-refractivity contribution < 1.29 is 13.2 Å². The minimum absolute atomic E-state index is 0.490. The first-order chi connectivity index (χ1) is 9.92. The molecule has 0 amide bonds. The van der Waals surface area contributed by atoms with Gasteiger partial charge >= 0.3 is 0 Å². The molecule has 2 aromatic carbocycles. The highest BCUT2D eigenvalue weighted by molar-refractivity contribution is 7.88. The van der Waals surface area contributed by atoms with Crippen LogP contribution in [0.2, 0.25) is 5.02 Å². The third-order valence-corrected chi connectivity index (χ3v) is 4.01. The lowest BCUT2D eigenvalue weighted by Gasteiger charge is -2.21. The zero-order valence-electron chi connectivity index (χ0n) is 11.7. The zero-order chi connectivity index (χ0) is 15.5. The number of rotatable bonds is 5. The van der Waals surface area contributed by atoms with E-state index in [4.69, 9.17) is 16.3 Å². The molecular weight excluding hydrogens is 310 g/mol. The highest BCUT2D eigenvalue weighted by Gasteiger charge is 2.23. The number of nitrogens with one attached hydrogen (secondary N) is 1. The summed E-state index contributed by atoms with van der Waals surface area (Å²) in [7, 11) is -1.88. The molecule has 0 aromatic heterocycles. The molecule has 112 valence electrons. The van der Waals surface area contributed by atoms with Crippen LogP contribution >= 0.6 is 11.6 Å². The molecule has 1 atom stereocenters. The molecule has 0 unspecified atom stereocenters. The predicted molar refractivity (Wildman–Crippen MR) is 84.3 cm³/mol. The Morgan fingerprint density at radius 1 is 1.05 bits per heavy atom. The standard InChI is InChI=1S/C15H16ClNO3S/c1-20-14-10-6-4-8-12(14)15(17-21(2,18)19)11-7-3-5-9-13(11)16/h3-10,15,17H,1-2H3/t15-/m1/s1. The van der Waals surface area contributed by atoms with Crippen LogP contribution in [0.3, 0.4) is 0 Å². The Hall–Kier alpha value is -1.56. The topological polar surface area (TPSA) is 55.4 Å². The fraction of sp³-hybridized carbons (Fsp3) is 0.200. The number of benzene rings is 2. The van der Waals surface area contributed by atoms with E-state index in [0.29, 0.717) is 21.9 Å². The van der Waals surface area contributed by atoms with E-state index in [2.05, 4.69) is 4.72 Å². The highest BCUT2D eigenvalue weighted by Crippen LogP contribution is 2.33. The van der Waals surface area contributed by atoms with Gasteiger partial charge in [0.1, 0.15) is 5.75 Å². The third kappa shape index (κ3) is 3.97. The molecule has 2 aromatic rings. The Kier molecular flexibility index (Phi) is 4.88. The van der Waals surface area contributed by atoms with Gasteiger partial charge in [-0.05, 0) is 17.7 Å². The van der Waals surface area contributed by atoms with Crippen LogP contribution in [0, 0.1) is 0 Å². The van der Waals surface area contributed by atoms with Gasteiger partial charge in [0.2, 0.25) is 10.0 Å². The van der Waals surface area contributed by atoms with Gasteiger partial charge in [-0.15, -0.1) is 0 Å². The number of hydrogen-bond acceptors (Lipinski definition) is 3. The second-order valence-corrected chi connectivity index (χ2v) is 6.77. The van der Waals surface area contributed by atoms with Crippen LogP contribution in [0.15, 0.2) is 48.5 Å². The smallest absolute Gasteiger partial charge is 0.209 e. The van der Waals surface area contributed by atoms with Crippen LogP contribution in [-0.2, 0) is 10.0 Å². The first-order valence-electron chi connectivity index (χ1n) is 6.27. The Morgan fingerprint density at radius 2 is 1.62 bits per heavy atom. The van der Waals surface area contributed by atoms with E-state index in [0.717, 1.165) is 6.26 Å². The molecule has 0 spiro atoms. The van der Waals surface area contributed by atoms with Gasteiger partial charge in [-0.25, -0.2) is 13.1 Å². The minimum Gasteiger partial charge on any atom is -0.496 e. The van der Waals surface area contributed by atoms with E-state index >= 15 is 0 Å². The molecule has 0 radical (unpaired) electrons. The first kappa shape index (κ1) is 15.8. The Balaban J connectivity index is 2.59. The van der Waals surface area contributed by atoms with Gasteiger partial charge in [0.25, 0.3) is 0 Å². The van der Waals surface area contributed by atoms with E-state index in [1.165, 1.54) is 0 Å². The maximum Gasteiger partial charge on any atom is 0.209 e. The number of ether oxygens (including phenoxy) is 1. The van der Waals surface area contributed by atoms with E-state index in [9.17, 15) is 8.42 Å². The lowest BCUT2D eigenvalue weighted by molar-refractivity contribution is 0.406. The van der Waals surface area contributed by atoms with Gasteiger partial charge in [0.15, 0.2) is 0 Å². The van der Waals surface area contributed by atoms with Crippen LogP contribution in [0.5, 0.6) is 5.75 Å². The molecule has 6 heteroatoms. The minimum atomic E-state index is -3.43. The summed E-state index contributed by atoms with van der Waals surface area (Å²) in [5.74, 6) is 0.596. The Bertz CT molecular complexity index is 731. The largest absolute Gasteiger partial charge is 0.496 e. The monoisotopic (exact) mass is 325 g/mol. The van der Waals surface area contributed by atoms with Crippen LogP contribution < -0.4 is 9.46 Å². The van der Waals surface area contributed by atoms with Crippen molar-refractivity contribution >= 4 is 21.6 Å². The Labute approximate surface area is 129 Å². The number of para-hydroxylation sites is 1. The van der Waals surface area contributed by atoms with Gasteiger partial charge in [-0.3, -0.25) is 0 Å². The van der Waals surface area contributed by atoms with Crippen molar-refractivity contribution in [1.29, 1.82) is 0 Å². The van der Waals surface area contributed by atoms with Crippen LogP contribution in [0.25, 0.3) is 0 Å². The van der Waals surface area contributed by atoms with Crippen LogP contribution in [0.4, 0.5) is 0 Å². The highest BCUT2D eigenvalue weighted by atomic mass is 35.5. The van der Waals surface area contributed by atoms with Gasteiger partial charge in [0, 0.05) is 10.6 Å². The molecule has 0 saturated carbocycles. The number of halogens is 1. The molecule has 1 N–H and O–H groups in total. The summed E-state index contributed by atoms with van der Waals surface area (Å²) in [4.78, 5) is 0. The number of methoxy groups -OCH3 is 1. The lowest BCUT2D eigenvalue weighted by Crippen LogP contribution is -2.28. The molecule has 0 aliphatic carbocycles. The molecule has 0 heterocycles. The average Bonchev–Trinajstić information content (AvgIpc) is 2.44. The van der Waals surface area contributed by atoms with E-state index < -0.39 is 16.1 Å². The maximum absolute atomic E-state index is 11.7.